The lowest BCUT2D eigenvalue weighted by Gasteiger charge is -2.21. The van der Waals surface area contributed by atoms with E-state index in [1.807, 2.05) is 50.0 Å². The lowest BCUT2D eigenvalue weighted by Crippen LogP contribution is -2.33. The van der Waals surface area contributed by atoms with E-state index in [9.17, 15) is 5.11 Å². The van der Waals surface area contributed by atoms with Crippen molar-refractivity contribution in [2.45, 2.75) is 26.5 Å². The predicted octanol–water partition coefficient (Wildman–Crippen LogP) is 1.92. The second kappa shape index (κ2) is 8.17. The van der Waals surface area contributed by atoms with E-state index in [0.29, 0.717) is 6.54 Å². The summed E-state index contributed by atoms with van der Waals surface area (Å²) in [7, 11) is 5.56. The molecule has 0 spiro atoms. The fourth-order valence-corrected chi connectivity index (χ4v) is 2.66. The van der Waals surface area contributed by atoms with Crippen LogP contribution in [-0.4, -0.2) is 53.2 Å². The summed E-state index contributed by atoms with van der Waals surface area (Å²) in [5.74, 6) is 1.50. The molecule has 0 saturated heterocycles. The number of ether oxygens (including phenoxy) is 2. The molecule has 0 bridgehead atoms. The maximum absolute atomic E-state index is 10.2. The van der Waals surface area contributed by atoms with Gasteiger partial charge in [-0.2, -0.15) is 5.10 Å². The fraction of sp³-hybridized carbons (Fsp3) is 0.500. The summed E-state index contributed by atoms with van der Waals surface area (Å²) < 4.78 is 12.6. The first kappa shape index (κ1) is 18.3. The first-order valence-corrected chi connectivity index (χ1v) is 8.03. The molecule has 24 heavy (non-hydrogen) atoms. The van der Waals surface area contributed by atoms with E-state index in [-0.39, 0.29) is 6.61 Å². The van der Waals surface area contributed by atoms with Gasteiger partial charge in [-0.3, -0.25) is 9.58 Å². The van der Waals surface area contributed by atoms with Gasteiger partial charge in [0.25, 0.3) is 0 Å². The average Bonchev–Trinajstić information content (AvgIpc) is 2.79. The van der Waals surface area contributed by atoms with Gasteiger partial charge >= 0.3 is 0 Å². The zero-order valence-electron chi connectivity index (χ0n) is 15.1. The van der Waals surface area contributed by atoms with Gasteiger partial charge in [0, 0.05) is 31.4 Å². The summed E-state index contributed by atoms with van der Waals surface area (Å²) in [5, 5.41) is 14.6. The molecule has 1 N–H and O–H groups in total. The molecular weight excluding hydrogens is 306 g/mol. The Bertz CT molecular complexity index is 652. The van der Waals surface area contributed by atoms with Crippen LogP contribution in [-0.2, 0) is 13.6 Å². The number of hydrogen-bond acceptors (Lipinski definition) is 5. The van der Waals surface area contributed by atoms with E-state index in [4.69, 9.17) is 9.47 Å². The first-order valence-electron chi connectivity index (χ1n) is 8.03. The molecule has 0 amide bonds. The summed E-state index contributed by atoms with van der Waals surface area (Å²) in [6.07, 6.45) is -0.561. The molecule has 1 atom stereocenters. The molecule has 0 radical (unpaired) electrons. The van der Waals surface area contributed by atoms with Gasteiger partial charge in [-0.25, -0.2) is 0 Å². The number of methoxy groups -OCH3 is 1. The number of hydrogen-bond donors (Lipinski definition) is 1. The number of likely N-dealkylation sites (N-methyl/N-ethyl adjacent to an activating group) is 1. The zero-order valence-corrected chi connectivity index (χ0v) is 15.1. The predicted molar refractivity (Wildman–Crippen MR) is 93.5 cm³/mol. The molecule has 2 rings (SSSR count). The zero-order chi connectivity index (χ0) is 17.7. The highest BCUT2D eigenvalue weighted by Gasteiger charge is 2.14. The quantitative estimate of drug-likeness (QED) is 0.800. The second-order valence-corrected chi connectivity index (χ2v) is 6.11. The van der Waals surface area contributed by atoms with Crippen molar-refractivity contribution in [3.63, 3.8) is 0 Å². The number of aromatic nitrogens is 2. The topological polar surface area (TPSA) is 59.8 Å². The monoisotopic (exact) mass is 333 g/mol. The molecule has 0 fully saturated rings. The molecule has 6 heteroatoms. The van der Waals surface area contributed by atoms with Crippen LogP contribution < -0.4 is 9.47 Å². The number of rotatable bonds is 8. The summed E-state index contributed by atoms with van der Waals surface area (Å²) in [6.45, 7) is 5.61. The van der Waals surface area contributed by atoms with Gasteiger partial charge in [-0.05, 0) is 45.2 Å². The van der Waals surface area contributed by atoms with Crippen molar-refractivity contribution >= 4 is 0 Å². The maximum Gasteiger partial charge on any atom is 0.119 e. The molecule has 1 aromatic carbocycles. The highest BCUT2D eigenvalue weighted by molar-refractivity contribution is 5.31. The maximum atomic E-state index is 10.2. The van der Waals surface area contributed by atoms with Crippen molar-refractivity contribution in [2.75, 3.05) is 27.3 Å². The summed E-state index contributed by atoms with van der Waals surface area (Å²) in [6, 6.07) is 7.33. The highest BCUT2D eigenvalue weighted by atomic mass is 16.5. The Balaban J connectivity index is 1.81. The van der Waals surface area contributed by atoms with Crippen molar-refractivity contribution < 1.29 is 14.6 Å². The molecule has 132 valence electrons. The Morgan fingerprint density at radius 1 is 1.21 bits per heavy atom. The van der Waals surface area contributed by atoms with E-state index >= 15 is 0 Å². The standard InChI is InChI=1S/C18H27N3O3/c1-13-18(14(2)21(4)19-13)11-20(3)10-15(22)12-24-17-8-6-16(23-5)7-9-17/h6-9,15,22H,10-12H2,1-5H3/t15-/m0/s1. The van der Waals surface area contributed by atoms with Crippen LogP contribution >= 0.6 is 0 Å². The lowest BCUT2D eigenvalue weighted by molar-refractivity contribution is 0.0742. The van der Waals surface area contributed by atoms with Crippen LogP contribution in [0.25, 0.3) is 0 Å². The van der Waals surface area contributed by atoms with E-state index < -0.39 is 6.10 Å². The summed E-state index contributed by atoms with van der Waals surface area (Å²) in [4.78, 5) is 2.08. The number of benzene rings is 1. The van der Waals surface area contributed by atoms with Gasteiger partial charge in [-0.1, -0.05) is 0 Å². The molecular formula is C18H27N3O3. The largest absolute Gasteiger partial charge is 0.497 e. The molecule has 0 aliphatic heterocycles. The second-order valence-electron chi connectivity index (χ2n) is 6.11. The number of aliphatic hydroxyl groups is 1. The molecule has 1 heterocycles. The summed E-state index contributed by atoms with van der Waals surface area (Å²) >= 11 is 0. The van der Waals surface area contributed by atoms with Gasteiger partial charge in [0.1, 0.15) is 24.2 Å². The Morgan fingerprint density at radius 2 is 1.83 bits per heavy atom. The van der Waals surface area contributed by atoms with Crippen molar-refractivity contribution in [2.24, 2.45) is 7.05 Å². The molecule has 0 aliphatic rings. The van der Waals surface area contributed by atoms with E-state index in [0.717, 1.165) is 29.4 Å². The fourth-order valence-electron chi connectivity index (χ4n) is 2.66. The van der Waals surface area contributed by atoms with Gasteiger partial charge in [0.15, 0.2) is 0 Å². The third kappa shape index (κ3) is 4.72. The Morgan fingerprint density at radius 3 is 2.38 bits per heavy atom. The lowest BCUT2D eigenvalue weighted by atomic mass is 10.2. The van der Waals surface area contributed by atoms with E-state index in [1.165, 1.54) is 5.56 Å². The molecule has 0 saturated carbocycles. The van der Waals surface area contributed by atoms with Crippen LogP contribution in [0.1, 0.15) is 17.0 Å². The van der Waals surface area contributed by atoms with Gasteiger partial charge < -0.3 is 14.6 Å². The minimum atomic E-state index is -0.561. The van der Waals surface area contributed by atoms with Crippen LogP contribution in [0.3, 0.4) is 0 Å². The van der Waals surface area contributed by atoms with Crippen molar-refractivity contribution in [1.82, 2.24) is 14.7 Å². The minimum Gasteiger partial charge on any atom is -0.497 e. The summed E-state index contributed by atoms with van der Waals surface area (Å²) in [5.41, 5.74) is 3.40. The number of nitrogens with zero attached hydrogens (tertiary/aromatic N) is 3. The Kier molecular flexibility index (Phi) is 6.23. The Labute approximate surface area is 143 Å². The van der Waals surface area contributed by atoms with Gasteiger partial charge in [0.2, 0.25) is 0 Å². The number of aryl methyl sites for hydroxylation is 2. The smallest absolute Gasteiger partial charge is 0.119 e. The van der Waals surface area contributed by atoms with Crippen molar-refractivity contribution in [1.29, 1.82) is 0 Å². The van der Waals surface area contributed by atoms with Crippen LogP contribution in [0, 0.1) is 13.8 Å². The first-order chi connectivity index (χ1) is 11.4. The highest BCUT2D eigenvalue weighted by Crippen LogP contribution is 2.17. The van der Waals surface area contributed by atoms with Crippen molar-refractivity contribution in [3.05, 3.63) is 41.2 Å². The molecule has 0 aliphatic carbocycles. The molecule has 6 nitrogen and oxygen atoms in total. The van der Waals surface area contributed by atoms with Gasteiger partial charge in [0.05, 0.1) is 12.8 Å². The van der Waals surface area contributed by atoms with E-state index in [1.54, 1.807) is 7.11 Å². The molecule has 0 unspecified atom stereocenters. The van der Waals surface area contributed by atoms with Crippen LogP contribution in [0.15, 0.2) is 24.3 Å². The van der Waals surface area contributed by atoms with Crippen LogP contribution in [0.4, 0.5) is 0 Å². The van der Waals surface area contributed by atoms with Gasteiger partial charge in [-0.15, -0.1) is 0 Å². The number of aliphatic hydroxyl groups excluding tert-OH is 1. The minimum absolute atomic E-state index is 0.252. The van der Waals surface area contributed by atoms with E-state index in [2.05, 4.69) is 16.9 Å². The normalized spacial score (nSPS) is 12.5. The Hall–Kier alpha value is -2.05. The third-order valence-corrected chi connectivity index (χ3v) is 4.11. The van der Waals surface area contributed by atoms with Crippen LogP contribution in [0.5, 0.6) is 11.5 Å². The molecule has 2 aromatic rings. The molecule has 1 aromatic heterocycles. The average molecular weight is 333 g/mol. The SMILES string of the molecule is COc1ccc(OC[C@@H](O)CN(C)Cc2c(C)nn(C)c2C)cc1. The third-order valence-electron chi connectivity index (χ3n) is 4.11. The van der Waals surface area contributed by atoms with Crippen molar-refractivity contribution in [3.8, 4) is 11.5 Å². The van der Waals surface area contributed by atoms with Crippen LogP contribution in [0.2, 0.25) is 0 Å².